The lowest BCUT2D eigenvalue weighted by Crippen LogP contribution is -2.47. The molecule has 0 aliphatic rings. The number of hydrogen-bond acceptors (Lipinski definition) is 2. The lowest BCUT2D eigenvalue weighted by atomic mass is 9.81. The normalized spacial score (nSPS) is 15.2. The Labute approximate surface area is 119 Å². The first-order valence-corrected chi connectivity index (χ1v) is 7.27. The van der Waals surface area contributed by atoms with Gasteiger partial charge in [-0.1, -0.05) is 41.5 Å². The van der Waals surface area contributed by atoms with Crippen molar-refractivity contribution in [3.63, 3.8) is 0 Å². The monoisotopic (exact) mass is 270 g/mol. The molecule has 1 amide bonds. The predicted octanol–water partition coefficient (Wildman–Crippen LogP) is 3.47. The van der Waals surface area contributed by atoms with Crippen LogP contribution >= 0.6 is 0 Å². The van der Waals surface area contributed by atoms with Crippen LogP contribution in [0.1, 0.15) is 74.7 Å². The van der Waals surface area contributed by atoms with Crippen LogP contribution in [0.25, 0.3) is 0 Å². The molecule has 0 aliphatic heterocycles. The van der Waals surface area contributed by atoms with Crippen molar-refractivity contribution in [1.29, 1.82) is 0 Å². The van der Waals surface area contributed by atoms with E-state index in [9.17, 15) is 4.79 Å². The van der Waals surface area contributed by atoms with Gasteiger partial charge in [0.05, 0.1) is 0 Å². The summed E-state index contributed by atoms with van der Waals surface area (Å²) in [6.07, 6.45) is 2.21. The van der Waals surface area contributed by atoms with Gasteiger partial charge < -0.3 is 11.1 Å². The molecule has 0 saturated heterocycles. The lowest BCUT2D eigenvalue weighted by Gasteiger charge is -2.34. The van der Waals surface area contributed by atoms with Crippen molar-refractivity contribution >= 4 is 5.91 Å². The predicted molar refractivity (Wildman–Crippen MR) is 83.0 cm³/mol. The molecule has 0 saturated carbocycles. The van der Waals surface area contributed by atoms with Gasteiger partial charge in [-0.25, -0.2) is 0 Å². The highest BCUT2D eigenvalue weighted by atomic mass is 16.1. The molecule has 0 radical (unpaired) electrons. The van der Waals surface area contributed by atoms with Crippen LogP contribution in [0.4, 0.5) is 0 Å². The highest BCUT2D eigenvalue weighted by Gasteiger charge is 2.27. The van der Waals surface area contributed by atoms with Gasteiger partial charge in [0, 0.05) is 18.0 Å². The van der Waals surface area contributed by atoms with Gasteiger partial charge in [0.15, 0.2) is 0 Å². The molecule has 0 bridgehead atoms. The van der Waals surface area contributed by atoms with Crippen molar-refractivity contribution in [2.45, 2.75) is 86.2 Å². The maximum atomic E-state index is 12.0. The third-order valence-electron chi connectivity index (χ3n) is 2.77. The maximum Gasteiger partial charge on any atom is 0.221 e. The molecular weight excluding hydrogens is 236 g/mol. The number of nitrogens with one attached hydrogen (secondary N) is 1. The number of hydrogen-bond donors (Lipinski definition) is 2. The minimum absolute atomic E-state index is 0.0611. The molecule has 0 rings (SSSR count). The highest BCUT2D eigenvalue weighted by Crippen LogP contribution is 2.27. The summed E-state index contributed by atoms with van der Waals surface area (Å²) >= 11 is 0. The number of amides is 1. The Morgan fingerprint density at radius 2 is 1.47 bits per heavy atom. The summed E-state index contributed by atoms with van der Waals surface area (Å²) in [4.78, 5) is 12.0. The lowest BCUT2D eigenvalue weighted by molar-refractivity contribution is -0.123. The Bertz CT molecular complexity index is 295. The van der Waals surface area contributed by atoms with Gasteiger partial charge >= 0.3 is 0 Å². The highest BCUT2D eigenvalue weighted by molar-refractivity contribution is 5.77. The Morgan fingerprint density at radius 1 is 1.00 bits per heavy atom. The summed E-state index contributed by atoms with van der Waals surface area (Å²) in [5.41, 5.74) is 6.23. The standard InChI is InChI=1S/C16H34N2O/c1-14(2,3)10-12(17)9-13(19)18-16(7,8)11-15(4,5)6/h12H,9-11,17H2,1-8H3,(H,18,19). The second-order valence-corrected chi connectivity index (χ2v) is 8.90. The van der Waals surface area contributed by atoms with E-state index in [1.54, 1.807) is 0 Å². The zero-order valence-electron chi connectivity index (χ0n) is 14.2. The second kappa shape index (κ2) is 6.25. The van der Waals surface area contributed by atoms with Crippen molar-refractivity contribution in [1.82, 2.24) is 5.32 Å². The zero-order chi connectivity index (χ0) is 15.5. The van der Waals surface area contributed by atoms with Crippen molar-refractivity contribution in [3.05, 3.63) is 0 Å². The van der Waals surface area contributed by atoms with Crippen LogP contribution in [-0.2, 0) is 4.79 Å². The fraction of sp³-hybridized carbons (Fsp3) is 0.938. The van der Waals surface area contributed by atoms with E-state index in [-0.39, 0.29) is 28.3 Å². The summed E-state index contributed by atoms with van der Waals surface area (Å²) in [6.45, 7) is 17.2. The molecule has 1 atom stereocenters. The van der Waals surface area contributed by atoms with Gasteiger partial charge in [-0.05, 0) is 37.5 Å². The molecule has 0 fully saturated rings. The summed E-state index contributed by atoms with van der Waals surface area (Å²) < 4.78 is 0. The van der Waals surface area contributed by atoms with Gasteiger partial charge in [0.2, 0.25) is 5.91 Å². The first-order valence-electron chi connectivity index (χ1n) is 7.27. The number of nitrogens with two attached hydrogens (primary N) is 1. The summed E-state index contributed by atoms with van der Waals surface area (Å²) in [5.74, 6) is 0.0611. The van der Waals surface area contributed by atoms with Crippen LogP contribution in [0.2, 0.25) is 0 Å². The van der Waals surface area contributed by atoms with E-state index in [1.165, 1.54) is 0 Å². The van der Waals surface area contributed by atoms with E-state index >= 15 is 0 Å². The summed E-state index contributed by atoms with van der Waals surface area (Å²) in [7, 11) is 0. The first kappa shape index (κ1) is 18.4. The van der Waals surface area contributed by atoms with E-state index < -0.39 is 0 Å². The first-order chi connectivity index (χ1) is 8.20. The molecule has 114 valence electrons. The van der Waals surface area contributed by atoms with Crippen LogP contribution in [0.3, 0.4) is 0 Å². The largest absolute Gasteiger partial charge is 0.351 e. The van der Waals surface area contributed by atoms with Gasteiger partial charge in [-0.15, -0.1) is 0 Å². The average Bonchev–Trinajstić information content (AvgIpc) is 1.89. The van der Waals surface area contributed by atoms with Crippen molar-refractivity contribution in [3.8, 4) is 0 Å². The zero-order valence-corrected chi connectivity index (χ0v) is 14.2. The summed E-state index contributed by atoms with van der Waals surface area (Å²) in [5, 5.41) is 3.11. The van der Waals surface area contributed by atoms with Crippen molar-refractivity contribution < 1.29 is 4.79 Å². The maximum absolute atomic E-state index is 12.0. The van der Waals surface area contributed by atoms with Gasteiger partial charge in [0.1, 0.15) is 0 Å². The van der Waals surface area contributed by atoms with E-state index in [0.29, 0.717) is 6.42 Å². The number of carbonyl (C=O) groups is 1. The molecule has 3 N–H and O–H groups in total. The molecule has 0 aromatic heterocycles. The van der Waals surface area contributed by atoms with E-state index in [1.807, 2.05) is 0 Å². The van der Waals surface area contributed by atoms with Gasteiger partial charge in [-0.3, -0.25) is 4.79 Å². The molecule has 3 nitrogen and oxygen atoms in total. The fourth-order valence-corrected chi connectivity index (χ4v) is 2.90. The fourth-order valence-electron chi connectivity index (χ4n) is 2.90. The quantitative estimate of drug-likeness (QED) is 0.803. The van der Waals surface area contributed by atoms with E-state index in [4.69, 9.17) is 5.73 Å². The molecule has 1 unspecified atom stereocenters. The van der Waals surface area contributed by atoms with Crippen LogP contribution in [0, 0.1) is 10.8 Å². The molecule has 0 aromatic rings. The van der Waals surface area contributed by atoms with E-state index in [0.717, 1.165) is 12.8 Å². The molecule has 0 aromatic carbocycles. The van der Waals surface area contributed by atoms with Crippen molar-refractivity contribution in [2.75, 3.05) is 0 Å². The van der Waals surface area contributed by atoms with Crippen LogP contribution in [0.15, 0.2) is 0 Å². The van der Waals surface area contributed by atoms with Gasteiger partial charge in [0.25, 0.3) is 0 Å². The Balaban J connectivity index is 4.31. The molecule has 3 heteroatoms. The minimum Gasteiger partial charge on any atom is -0.351 e. The second-order valence-electron chi connectivity index (χ2n) is 8.90. The molecule has 0 spiro atoms. The Kier molecular flexibility index (Phi) is 6.07. The van der Waals surface area contributed by atoms with Crippen LogP contribution < -0.4 is 11.1 Å². The third-order valence-corrected chi connectivity index (χ3v) is 2.77. The third kappa shape index (κ3) is 11.0. The SMILES string of the molecule is CC(C)(C)CC(N)CC(=O)NC(C)(C)CC(C)(C)C. The molecule has 19 heavy (non-hydrogen) atoms. The summed E-state index contributed by atoms with van der Waals surface area (Å²) in [6, 6.07) is -0.0644. The Hall–Kier alpha value is -0.570. The topological polar surface area (TPSA) is 55.1 Å². The van der Waals surface area contributed by atoms with Crippen LogP contribution in [0.5, 0.6) is 0 Å². The van der Waals surface area contributed by atoms with Crippen LogP contribution in [-0.4, -0.2) is 17.5 Å². The molecule has 0 aliphatic carbocycles. The molecular formula is C16H34N2O. The minimum atomic E-state index is -0.184. The Morgan fingerprint density at radius 3 is 1.84 bits per heavy atom. The number of carbonyl (C=O) groups excluding carboxylic acids is 1. The van der Waals surface area contributed by atoms with Gasteiger partial charge in [-0.2, -0.15) is 0 Å². The van der Waals surface area contributed by atoms with E-state index in [2.05, 4.69) is 60.7 Å². The number of rotatable bonds is 5. The smallest absolute Gasteiger partial charge is 0.221 e. The van der Waals surface area contributed by atoms with Crippen molar-refractivity contribution in [2.24, 2.45) is 16.6 Å². The average molecular weight is 270 g/mol. The molecule has 0 heterocycles.